The summed E-state index contributed by atoms with van der Waals surface area (Å²) in [5.74, 6) is 0.781. The molecule has 2 N–H and O–H groups in total. The van der Waals surface area contributed by atoms with Gasteiger partial charge >= 0.3 is 0 Å². The largest absolute Gasteiger partial charge is 0.496 e. The van der Waals surface area contributed by atoms with Gasteiger partial charge in [0.15, 0.2) is 0 Å². The van der Waals surface area contributed by atoms with Gasteiger partial charge in [-0.2, -0.15) is 0 Å². The van der Waals surface area contributed by atoms with Gasteiger partial charge in [0.25, 0.3) is 0 Å². The van der Waals surface area contributed by atoms with Crippen molar-refractivity contribution < 1.29 is 9.53 Å². The van der Waals surface area contributed by atoms with Gasteiger partial charge in [-0.3, -0.25) is 4.79 Å². The number of rotatable bonds is 7. The van der Waals surface area contributed by atoms with Gasteiger partial charge in [-0.15, -0.1) is 0 Å². The number of carbonyl (C=O) groups excluding carboxylic acids is 1. The summed E-state index contributed by atoms with van der Waals surface area (Å²) in [4.78, 5) is 12.0. The van der Waals surface area contributed by atoms with Gasteiger partial charge < -0.3 is 15.4 Å². The zero-order valence-corrected chi connectivity index (χ0v) is 14.1. The van der Waals surface area contributed by atoms with Gasteiger partial charge in [0.05, 0.1) is 13.7 Å². The molecule has 2 aromatic rings. The molecule has 4 nitrogen and oxygen atoms in total. The minimum atomic E-state index is -0.0876. The Kier molecular flexibility index (Phi) is 6.44. The molecule has 0 bridgehead atoms. The normalized spacial score (nSPS) is 10.4. The van der Waals surface area contributed by atoms with E-state index < -0.39 is 0 Å². The number of nitrogens with one attached hydrogen (secondary N) is 2. The molecule has 0 saturated carbocycles. The first-order chi connectivity index (χ1) is 11.1. The highest BCUT2D eigenvalue weighted by Gasteiger charge is 2.07. The third-order valence-electron chi connectivity index (χ3n) is 3.59. The van der Waals surface area contributed by atoms with E-state index in [4.69, 9.17) is 16.3 Å². The number of benzene rings is 2. The lowest BCUT2D eigenvalue weighted by Gasteiger charge is -2.11. The van der Waals surface area contributed by atoms with Crippen LogP contribution in [0.15, 0.2) is 42.5 Å². The standard InChI is InChI=1S/C18H21ClN2O2/c1-13-15(19)7-5-8-16(13)21-18(22)12-20-11-10-14-6-3-4-9-17(14)23-2/h3-9,20H,10-12H2,1-2H3,(H,21,22). The Morgan fingerprint density at radius 2 is 1.96 bits per heavy atom. The molecule has 0 aliphatic carbocycles. The van der Waals surface area contributed by atoms with E-state index in [9.17, 15) is 4.79 Å². The lowest BCUT2D eigenvalue weighted by molar-refractivity contribution is -0.115. The summed E-state index contributed by atoms with van der Waals surface area (Å²) < 4.78 is 5.31. The predicted octanol–water partition coefficient (Wildman–Crippen LogP) is 3.43. The fourth-order valence-electron chi connectivity index (χ4n) is 2.27. The van der Waals surface area contributed by atoms with E-state index in [0.29, 0.717) is 11.6 Å². The zero-order valence-electron chi connectivity index (χ0n) is 13.4. The molecule has 0 spiro atoms. The van der Waals surface area contributed by atoms with Crippen molar-refractivity contribution in [3.8, 4) is 5.75 Å². The highest BCUT2D eigenvalue weighted by Crippen LogP contribution is 2.22. The van der Waals surface area contributed by atoms with Crippen molar-refractivity contribution in [1.29, 1.82) is 0 Å². The number of halogens is 1. The number of hydrogen-bond acceptors (Lipinski definition) is 3. The number of ether oxygens (including phenoxy) is 1. The van der Waals surface area contributed by atoms with Crippen LogP contribution < -0.4 is 15.4 Å². The first-order valence-electron chi connectivity index (χ1n) is 7.49. The molecule has 2 rings (SSSR count). The summed E-state index contributed by atoms with van der Waals surface area (Å²) in [6, 6.07) is 13.3. The smallest absolute Gasteiger partial charge is 0.238 e. The second kappa shape index (κ2) is 8.56. The molecule has 122 valence electrons. The summed E-state index contributed by atoms with van der Waals surface area (Å²) in [5, 5.41) is 6.65. The Morgan fingerprint density at radius 3 is 2.74 bits per heavy atom. The fraction of sp³-hybridized carbons (Fsp3) is 0.278. The minimum Gasteiger partial charge on any atom is -0.496 e. The van der Waals surface area contributed by atoms with Crippen molar-refractivity contribution in [2.45, 2.75) is 13.3 Å². The predicted molar refractivity (Wildman–Crippen MR) is 94.4 cm³/mol. The number of amides is 1. The van der Waals surface area contributed by atoms with Gasteiger partial charge in [-0.1, -0.05) is 35.9 Å². The number of hydrogen-bond donors (Lipinski definition) is 2. The molecule has 0 fully saturated rings. The molecule has 0 atom stereocenters. The first kappa shape index (κ1) is 17.3. The highest BCUT2D eigenvalue weighted by molar-refractivity contribution is 6.31. The van der Waals surface area contributed by atoms with E-state index >= 15 is 0 Å². The van der Waals surface area contributed by atoms with Gasteiger partial charge in [-0.05, 0) is 49.2 Å². The maximum Gasteiger partial charge on any atom is 0.238 e. The molecule has 1 amide bonds. The Bertz CT molecular complexity index is 674. The monoisotopic (exact) mass is 332 g/mol. The van der Waals surface area contributed by atoms with E-state index in [1.165, 1.54) is 0 Å². The van der Waals surface area contributed by atoms with Crippen LogP contribution in [0.1, 0.15) is 11.1 Å². The number of anilines is 1. The molecule has 0 heterocycles. The Morgan fingerprint density at radius 1 is 1.17 bits per heavy atom. The van der Waals surface area contributed by atoms with Crippen molar-refractivity contribution in [2.75, 3.05) is 25.5 Å². The summed E-state index contributed by atoms with van der Waals surface area (Å²) in [7, 11) is 1.66. The molecule has 0 saturated heterocycles. The summed E-state index contributed by atoms with van der Waals surface area (Å²) in [6.45, 7) is 2.83. The molecule has 0 aromatic heterocycles. The molecule has 0 aliphatic rings. The zero-order chi connectivity index (χ0) is 16.7. The molecular weight excluding hydrogens is 312 g/mol. The van der Waals surface area contributed by atoms with Gasteiger partial charge in [0.2, 0.25) is 5.91 Å². The van der Waals surface area contributed by atoms with E-state index in [-0.39, 0.29) is 12.5 Å². The maximum absolute atomic E-state index is 12.0. The molecule has 5 heteroatoms. The van der Waals surface area contributed by atoms with Crippen LogP contribution in [0, 0.1) is 6.92 Å². The van der Waals surface area contributed by atoms with Crippen molar-refractivity contribution in [3.63, 3.8) is 0 Å². The third-order valence-corrected chi connectivity index (χ3v) is 4.00. The number of methoxy groups -OCH3 is 1. The third kappa shape index (κ3) is 4.98. The Labute approximate surface area is 141 Å². The Hall–Kier alpha value is -2.04. The van der Waals surface area contributed by atoms with Crippen molar-refractivity contribution in [1.82, 2.24) is 5.32 Å². The fourth-order valence-corrected chi connectivity index (χ4v) is 2.45. The molecule has 0 unspecified atom stereocenters. The van der Waals surface area contributed by atoms with Crippen LogP contribution in [-0.4, -0.2) is 26.1 Å². The van der Waals surface area contributed by atoms with E-state index in [2.05, 4.69) is 10.6 Å². The van der Waals surface area contributed by atoms with E-state index in [1.807, 2.05) is 43.3 Å². The van der Waals surface area contributed by atoms with Crippen LogP contribution >= 0.6 is 11.6 Å². The number of carbonyl (C=O) groups is 1. The molecule has 0 aliphatic heterocycles. The molecule has 0 radical (unpaired) electrons. The summed E-state index contributed by atoms with van der Waals surface area (Å²) in [6.07, 6.45) is 0.799. The summed E-state index contributed by atoms with van der Waals surface area (Å²) in [5.41, 5.74) is 2.74. The second-order valence-electron chi connectivity index (χ2n) is 5.20. The lowest BCUT2D eigenvalue weighted by Crippen LogP contribution is -2.29. The topological polar surface area (TPSA) is 50.4 Å². The average Bonchev–Trinajstić information content (AvgIpc) is 2.56. The first-order valence-corrected chi connectivity index (χ1v) is 7.87. The van der Waals surface area contributed by atoms with Gasteiger partial charge in [0, 0.05) is 10.7 Å². The van der Waals surface area contributed by atoms with Crippen LogP contribution in [0.4, 0.5) is 5.69 Å². The quantitative estimate of drug-likeness (QED) is 0.764. The van der Waals surface area contributed by atoms with Crippen molar-refractivity contribution in [2.24, 2.45) is 0 Å². The van der Waals surface area contributed by atoms with Crippen molar-refractivity contribution in [3.05, 3.63) is 58.6 Å². The number of para-hydroxylation sites is 1. The van der Waals surface area contributed by atoms with Crippen LogP contribution in [0.5, 0.6) is 5.75 Å². The van der Waals surface area contributed by atoms with Crippen LogP contribution in [0.3, 0.4) is 0 Å². The SMILES string of the molecule is COc1ccccc1CCNCC(=O)Nc1cccc(Cl)c1C. The lowest BCUT2D eigenvalue weighted by atomic mass is 10.1. The van der Waals surface area contributed by atoms with Crippen LogP contribution in [0.2, 0.25) is 5.02 Å². The van der Waals surface area contributed by atoms with E-state index in [0.717, 1.165) is 29.0 Å². The molecule has 2 aromatic carbocycles. The van der Waals surface area contributed by atoms with Gasteiger partial charge in [0.1, 0.15) is 5.75 Å². The van der Waals surface area contributed by atoms with Crippen molar-refractivity contribution >= 4 is 23.2 Å². The van der Waals surface area contributed by atoms with Crippen LogP contribution in [-0.2, 0) is 11.2 Å². The second-order valence-corrected chi connectivity index (χ2v) is 5.61. The van der Waals surface area contributed by atoms with Crippen LogP contribution in [0.25, 0.3) is 0 Å². The molecular formula is C18H21ClN2O2. The highest BCUT2D eigenvalue weighted by atomic mass is 35.5. The van der Waals surface area contributed by atoms with E-state index in [1.54, 1.807) is 13.2 Å². The van der Waals surface area contributed by atoms with Gasteiger partial charge in [-0.25, -0.2) is 0 Å². The minimum absolute atomic E-state index is 0.0876. The summed E-state index contributed by atoms with van der Waals surface area (Å²) >= 11 is 6.04. The average molecular weight is 333 g/mol. The Balaban J connectivity index is 1.78. The maximum atomic E-state index is 12.0. The molecule has 23 heavy (non-hydrogen) atoms.